The Morgan fingerprint density at radius 3 is 2.83 bits per heavy atom. The molecule has 0 aliphatic carbocycles. The van der Waals surface area contributed by atoms with Gasteiger partial charge in [0.05, 0.1) is 6.61 Å². The molecule has 1 fully saturated rings. The van der Waals surface area contributed by atoms with E-state index in [1.54, 1.807) is 26.1 Å². The molecule has 1 aliphatic heterocycles. The lowest BCUT2D eigenvalue weighted by atomic mass is 10.4. The summed E-state index contributed by atoms with van der Waals surface area (Å²) in [6, 6.07) is 0.121. The summed E-state index contributed by atoms with van der Waals surface area (Å²) in [5.41, 5.74) is 0. The second-order valence-electron chi connectivity index (χ2n) is 3.24. The van der Waals surface area contributed by atoms with Gasteiger partial charge in [0.15, 0.2) is 0 Å². The largest absolute Gasteiger partial charge is 0.383 e. The normalized spacial score (nSPS) is 26.9. The molecule has 1 heterocycles. The molecule has 0 aromatic carbocycles. The highest BCUT2D eigenvalue weighted by atomic mass is 16.5. The molecule has 2 atom stereocenters. The van der Waals surface area contributed by atoms with Crippen molar-refractivity contribution >= 4 is 5.91 Å². The zero-order valence-corrected chi connectivity index (χ0v) is 7.91. The number of hydrogen-bond donors (Lipinski definition) is 0. The third-order valence-electron chi connectivity index (χ3n) is 2.02. The van der Waals surface area contributed by atoms with E-state index in [1.165, 1.54) is 0 Å². The Bertz CT molecular complexity index is 170. The Morgan fingerprint density at radius 2 is 2.33 bits per heavy atom. The molecule has 1 aliphatic rings. The topological polar surface area (TPSA) is 32.6 Å². The first kappa shape index (κ1) is 9.48. The Hall–Kier alpha value is -0.610. The molecule has 0 N–H and O–H groups in total. The minimum Gasteiger partial charge on any atom is -0.383 e. The fourth-order valence-electron chi connectivity index (χ4n) is 1.16. The summed E-state index contributed by atoms with van der Waals surface area (Å²) in [5.74, 6) is 0.200. The van der Waals surface area contributed by atoms with Gasteiger partial charge in [0, 0.05) is 34.3 Å². The maximum Gasteiger partial charge on any atom is 0.240 e. The van der Waals surface area contributed by atoms with E-state index in [2.05, 4.69) is 4.90 Å². The Labute approximate surface area is 73.1 Å². The smallest absolute Gasteiger partial charge is 0.240 e. The lowest BCUT2D eigenvalue weighted by molar-refractivity contribution is -0.128. The van der Waals surface area contributed by atoms with Crippen LogP contribution in [0.1, 0.15) is 0 Å². The number of likely N-dealkylation sites (N-methyl/N-ethyl adjacent to an activating group) is 1. The van der Waals surface area contributed by atoms with E-state index in [1.807, 2.05) is 0 Å². The Morgan fingerprint density at radius 1 is 1.67 bits per heavy atom. The van der Waals surface area contributed by atoms with Crippen LogP contribution in [0.4, 0.5) is 0 Å². The predicted molar refractivity (Wildman–Crippen MR) is 45.9 cm³/mol. The van der Waals surface area contributed by atoms with Gasteiger partial charge >= 0.3 is 0 Å². The third-order valence-corrected chi connectivity index (χ3v) is 2.02. The van der Waals surface area contributed by atoms with Crippen LogP contribution in [-0.2, 0) is 9.53 Å². The van der Waals surface area contributed by atoms with Gasteiger partial charge in [0.1, 0.15) is 6.04 Å². The van der Waals surface area contributed by atoms with Crippen molar-refractivity contribution in [2.45, 2.75) is 6.04 Å². The van der Waals surface area contributed by atoms with Crippen LogP contribution in [0.25, 0.3) is 0 Å². The van der Waals surface area contributed by atoms with Gasteiger partial charge in [-0.3, -0.25) is 9.69 Å². The number of carbonyl (C=O) groups is 1. The molecule has 2 unspecified atom stereocenters. The Balaban J connectivity index is 2.19. The standard InChI is InChI=1S/C8H16N2O2/c1-9(2)8(11)7-6-10(7)4-5-12-3/h7H,4-6H2,1-3H3. The number of methoxy groups -OCH3 is 1. The molecular formula is C8H16N2O2. The number of hydrogen-bond acceptors (Lipinski definition) is 3. The fraction of sp³-hybridized carbons (Fsp3) is 0.875. The van der Waals surface area contributed by atoms with E-state index < -0.39 is 0 Å². The SMILES string of the molecule is COCCN1CC1C(=O)N(C)C. The molecular weight excluding hydrogens is 156 g/mol. The van der Waals surface area contributed by atoms with Gasteiger partial charge in [-0.1, -0.05) is 0 Å². The summed E-state index contributed by atoms with van der Waals surface area (Å²) >= 11 is 0. The summed E-state index contributed by atoms with van der Waals surface area (Å²) in [6.07, 6.45) is 0. The molecule has 0 spiro atoms. The van der Waals surface area contributed by atoms with Crippen LogP contribution >= 0.6 is 0 Å². The van der Waals surface area contributed by atoms with Gasteiger partial charge in [-0.05, 0) is 0 Å². The first-order chi connectivity index (χ1) is 5.66. The van der Waals surface area contributed by atoms with E-state index in [0.29, 0.717) is 6.61 Å². The van der Waals surface area contributed by atoms with Crippen molar-refractivity contribution in [2.75, 3.05) is 40.9 Å². The van der Waals surface area contributed by atoms with Crippen LogP contribution in [0.5, 0.6) is 0 Å². The molecule has 0 aromatic heterocycles. The van der Waals surface area contributed by atoms with E-state index in [-0.39, 0.29) is 11.9 Å². The number of amides is 1. The predicted octanol–water partition coefficient (Wildman–Crippen LogP) is -0.595. The van der Waals surface area contributed by atoms with Gasteiger partial charge in [0.25, 0.3) is 0 Å². The van der Waals surface area contributed by atoms with Crippen molar-refractivity contribution < 1.29 is 9.53 Å². The van der Waals surface area contributed by atoms with Crippen LogP contribution in [0.2, 0.25) is 0 Å². The first-order valence-corrected chi connectivity index (χ1v) is 4.11. The minimum atomic E-state index is 0.121. The Kier molecular flexibility index (Phi) is 3.05. The quantitative estimate of drug-likeness (QED) is 0.531. The highest BCUT2D eigenvalue weighted by Gasteiger charge is 2.40. The van der Waals surface area contributed by atoms with Crippen molar-refractivity contribution in [2.24, 2.45) is 0 Å². The average molecular weight is 172 g/mol. The van der Waals surface area contributed by atoms with Crippen molar-refractivity contribution in [3.8, 4) is 0 Å². The van der Waals surface area contributed by atoms with Crippen LogP contribution in [-0.4, -0.2) is 62.7 Å². The van der Waals surface area contributed by atoms with Gasteiger partial charge in [-0.2, -0.15) is 0 Å². The van der Waals surface area contributed by atoms with E-state index >= 15 is 0 Å². The van der Waals surface area contributed by atoms with Gasteiger partial charge in [-0.15, -0.1) is 0 Å². The lowest BCUT2D eigenvalue weighted by Gasteiger charge is -2.09. The van der Waals surface area contributed by atoms with Crippen molar-refractivity contribution in [3.63, 3.8) is 0 Å². The van der Waals surface area contributed by atoms with Crippen molar-refractivity contribution in [3.05, 3.63) is 0 Å². The number of rotatable bonds is 4. The molecule has 12 heavy (non-hydrogen) atoms. The zero-order valence-electron chi connectivity index (χ0n) is 7.91. The van der Waals surface area contributed by atoms with E-state index in [9.17, 15) is 4.79 Å². The van der Waals surface area contributed by atoms with Gasteiger partial charge in [-0.25, -0.2) is 0 Å². The van der Waals surface area contributed by atoms with E-state index in [0.717, 1.165) is 13.1 Å². The molecule has 1 amide bonds. The van der Waals surface area contributed by atoms with Crippen LogP contribution < -0.4 is 0 Å². The average Bonchev–Trinajstić information content (AvgIpc) is 2.78. The lowest BCUT2D eigenvalue weighted by Crippen LogP contribution is -2.29. The number of nitrogens with zero attached hydrogens (tertiary/aromatic N) is 2. The number of ether oxygens (including phenoxy) is 1. The van der Waals surface area contributed by atoms with Crippen molar-refractivity contribution in [1.82, 2.24) is 9.80 Å². The molecule has 0 aromatic rings. The second kappa shape index (κ2) is 3.87. The minimum absolute atomic E-state index is 0.121. The maximum atomic E-state index is 11.3. The summed E-state index contributed by atoms with van der Waals surface area (Å²) in [4.78, 5) is 15.1. The first-order valence-electron chi connectivity index (χ1n) is 4.11. The molecule has 4 nitrogen and oxygen atoms in total. The summed E-state index contributed by atoms with van der Waals surface area (Å²) in [6.45, 7) is 2.46. The molecule has 0 radical (unpaired) electrons. The van der Waals surface area contributed by atoms with Crippen molar-refractivity contribution in [1.29, 1.82) is 0 Å². The van der Waals surface area contributed by atoms with E-state index in [4.69, 9.17) is 4.74 Å². The summed E-state index contributed by atoms with van der Waals surface area (Å²) < 4.78 is 4.91. The van der Waals surface area contributed by atoms with Crippen LogP contribution in [0.15, 0.2) is 0 Å². The second-order valence-corrected chi connectivity index (χ2v) is 3.24. The molecule has 0 saturated carbocycles. The summed E-state index contributed by atoms with van der Waals surface area (Å²) in [7, 11) is 5.25. The van der Waals surface area contributed by atoms with Crippen LogP contribution in [0.3, 0.4) is 0 Å². The molecule has 1 saturated heterocycles. The maximum absolute atomic E-state index is 11.3. The van der Waals surface area contributed by atoms with Gasteiger partial charge < -0.3 is 9.64 Å². The molecule has 1 rings (SSSR count). The molecule has 0 bridgehead atoms. The summed E-state index contributed by atoms with van der Waals surface area (Å²) in [5, 5.41) is 0. The van der Waals surface area contributed by atoms with Crippen LogP contribution in [0, 0.1) is 0 Å². The van der Waals surface area contributed by atoms with Gasteiger partial charge in [0.2, 0.25) is 5.91 Å². The fourth-order valence-corrected chi connectivity index (χ4v) is 1.16. The molecule has 4 heteroatoms. The third kappa shape index (κ3) is 2.19. The molecule has 70 valence electrons. The highest BCUT2D eigenvalue weighted by molar-refractivity contribution is 5.84. The highest BCUT2D eigenvalue weighted by Crippen LogP contribution is 2.17. The number of carbonyl (C=O) groups excluding carboxylic acids is 1. The zero-order chi connectivity index (χ0) is 9.14. The monoisotopic (exact) mass is 172 g/mol.